The number of fused-ring (bicyclic) bond motifs is 5. The van der Waals surface area contributed by atoms with Crippen LogP contribution in [0.2, 0.25) is 0 Å². The van der Waals surface area contributed by atoms with E-state index in [1.165, 1.54) is 17.1 Å². The van der Waals surface area contributed by atoms with Crippen LogP contribution in [0.5, 0.6) is 0 Å². The van der Waals surface area contributed by atoms with Crippen LogP contribution in [-0.4, -0.2) is 13.7 Å². The molecule has 3 heteroatoms. The summed E-state index contributed by atoms with van der Waals surface area (Å²) in [6.45, 7) is 0.560. The Morgan fingerprint density at radius 2 is 1.53 bits per heavy atom. The van der Waals surface area contributed by atoms with E-state index >= 15 is 0 Å². The van der Waals surface area contributed by atoms with Crippen LogP contribution in [-0.2, 0) is 0 Å². The first-order valence-corrected chi connectivity index (χ1v) is 7.88. The van der Waals surface area contributed by atoms with Crippen molar-refractivity contribution in [3.63, 3.8) is 0 Å². The van der Waals surface area contributed by atoms with E-state index in [9.17, 15) is 0 Å². The van der Waals surface area contributed by atoms with E-state index in [0.29, 0.717) is 6.67 Å². The molecule has 0 amide bonds. The molecule has 0 saturated heterocycles. The van der Waals surface area contributed by atoms with Crippen molar-refractivity contribution in [2.24, 2.45) is 0 Å². The van der Waals surface area contributed by atoms with Gasteiger partial charge in [-0.25, -0.2) is 0 Å². The molecule has 0 spiro atoms. The number of anilines is 3. The molecule has 2 aliphatic rings. The van der Waals surface area contributed by atoms with E-state index in [4.69, 9.17) is 0 Å². The zero-order valence-electron chi connectivity index (χ0n) is 9.35. The molecule has 93 valence electrons. The molecule has 0 N–H and O–H groups in total. The van der Waals surface area contributed by atoms with Crippen molar-refractivity contribution >= 4 is 23.1 Å². The molecule has 2 aromatic carbocycles. The molecule has 2 aromatic rings. The first kappa shape index (κ1) is 8.22. The zero-order chi connectivity index (χ0) is 11.4. The summed E-state index contributed by atoms with van der Waals surface area (Å²) in [6, 6.07) is 19.1. The quantitative estimate of drug-likeness (QED) is 0.584. The molecule has 0 aromatic heterocycles. The first-order chi connectivity index (χ1) is 8.36. The number of nitrogens with zero attached hydrogens (tertiary/aromatic N) is 2. The summed E-state index contributed by atoms with van der Waals surface area (Å²) in [5.41, 5.74) is 4.14. The van der Waals surface area contributed by atoms with Gasteiger partial charge in [-0.3, -0.25) is 0 Å². The van der Waals surface area contributed by atoms with Gasteiger partial charge in [-0.2, -0.15) is 0 Å². The van der Waals surface area contributed by atoms with Crippen LogP contribution < -0.4 is 15.9 Å². The standard InChI is InChI=1S/C14H12N2.Lr/c1-15-11-16(12-7-3-2-4-8-12)14-10-6-5-9-13(14)15;/h2-7,9-11H,1H3;. The van der Waals surface area contributed by atoms with Crippen LogP contribution >= 0.6 is 0 Å². The van der Waals surface area contributed by atoms with E-state index in [0.717, 1.165) is 0 Å². The van der Waals surface area contributed by atoms with Crippen molar-refractivity contribution in [1.82, 2.24) is 0 Å². The van der Waals surface area contributed by atoms with Gasteiger partial charge in [0.15, 0.2) is 0 Å². The Morgan fingerprint density at radius 3 is 2.35 bits per heavy atom. The van der Waals surface area contributed by atoms with Gasteiger partial charge in [0.1, 0.15) is 0 Å². The second-order valence-electron chi connectivity index (χ2n) is 4.18. The number of hydrogen-bond donors (Lipinski definition) is 0. The predicted octanol–water partition coefficient (Wildman–Crippen LogP) is 2.28. The van der Waals surface area contributed by atoms with Gasteiger partial charge < -0.3 is 0 Å². The third kappa shape index (κ3) is 0.858. The molecule has 1 unspecified atom stereocenters. The number of benzene rings is 2. The molecule has 0 aliphatic carbocycles. The third-order valence-electron chi connectivity index (χ3n) is 3.18. The first-order valence-electron chi connectivity index (χ1n) is 5.57. The average molecular weight is 470 g/mol. The molecule has 4 rings (SSSR count). The van der Waals surface area contributed by atoms with Gasteiger partial charge in [-0.1, -0.05) is 0 Å². The molecule has 2 nitrogen and oxygen atoms in total. The second-order valence-corrected chi connectivity index (χ2v) is 7.07. The zero-order valence-corrected chi connectivity index (χ0v) is 11.5. The van der Waals surface area contributed by atoms with Crippen molar-refractivity contribution < 1.29 is 0 Å². The fourth-order valence-corrected chi connectivity index (χ4v) is 5.75. The van der Waals surface area contributed by atoms with Crippen molar-refractivity contribution in [3.8, 4) is 0 Å². The fraction of sp³-hybridized carbons (Fsp3) is 0.143. The van der Waals surface area contributed by atoms with Crippen molar-refractivity contribution in [3.05, 3.63) is 48.5 Å². The van der Waals surface area contributed by atoms with Gasteiger partial charge in [-0.15, -0.1) is 0 Å². The van der Waals surface area contributed by atoms with Gasteiger partial charge in [0, 0.05) is 0 Å². The summed E-state index contributed by atoms with van der Waals surface area (Å²) >= 11 is 0. The summed E-state index contributed by atoms with van der Waals surface area (Å²) in [5, 5.41) is 0. The molecule has 1 atom stereocenters. The van der Waals surface area contributed by atoms with Crippen molar-refractivity contribution in [1.29, 1.82) is 0 Å². The molecule has 17 heavy (non-hydrogen) atoms. The molecular formula is C14H12LrN2. The minimum absolute atomic E-state index is 0.169. The van der Waals surface area contributed by atoms with Crippen molar-refractivity contribution in [2.75, 3.05) is 16.8 Å². The van der Waals surface area contributed by atoms with Crippen LogP contribution in [0.1, 0.15) is 0 Å². The van der Waals surface area contributed by atoms with Gasteiger partial charge in [0.2, 0.25) is 0 Å². The maximum absolute atomic E-state index is 2.51. The summed E-state index contributed by atoms with van der Waals surface area (Å²) in [5.74, 6) is 0. The normalized spacial score (nSPS) is 19.2. The molecule has 0 bridgehead atoms. The monoisotopic (exact) mass is 470 g/mol. The third-order valence-corrected chi connectivity index (χ3v) is 6.71. The summed E-state index contributed by atoms with van der Waals surface area (Å²) < 4.78 is 0.169. The van der Waals surface area contributed by atoms with E-state index in [2.05, 4.69) is 65.4 Å². The van der Waals surface area contributed by atoms with E-state index in [1.54, 1.807) is 6.07 Å². The van der Waals surface area contributed by atoms with Crippen LogP contribution in [0, 0.1) is 0 Å². The molecular weight excluding hydrogens is 458 g/mol. The number of hydrogen-bond acceptors (Lipinski definition) is 2. The molecule has 0 radical (unpaired) electrons. The van der Waals surface area contributed by atoms with Crippen LogP contribution in [0.3, 0.4) is 0 Å². The summed E-state index contributed by atoms with van der Waals surface area (Å²) in [4.78, 5) is 4.93. The molecule has 2 heterocycles. The van der Waals surface area contributed by atoms with E-state index in [1.807, 2.05) is 0 Å². The second kappa shape index (κ2) is 2.59. The Kier molecular flexibility index (Phi) is 1.25. The maximum atomic E-state index is 2.51. The Morgan fingerprint density at radius 1 is 0.882 bits per heavy atom. The summed E-state index contributed by atoms with van der Waals surface area (Å²) in [7, 11) is 2.21. The van der Waals surface area contributed by atoms with E-state index in [-0.39, 0.29) is 0 Å². The number of rotatable bonds is 0. The molecule has 2 aliphatic heterocycles. The summed E-state index contributed by atoms with van der Waals surface area (Å²) in [6.07, 6.45) is 0. The Balaban J connectivity index is 1.95. The van der Waals surface area contributed by atoms with Crippen LogP contribution in [0.25, 0.3) is 0 Å². The molecule has 0 fully saturated rings. The van der Waals surface area contributed by atoms with Crippen LogP contribution in [0.15, 0.2) is 48.5 Å². The van der Waals surface area contributed by atoms with Gasteiger partial charge in [0.05, 0.1) is 0 Å². The molecule has 0 saturated carbocycles. The van der Waals surface area contributed by atoms with Gasteiger partial charge in [-0.05, 0) is 0 Å². The minimum atomic E-state index is 0.169. The van der Waals surface area contributed by atoms with E-state index < -0.39 is 0 Å². The van der Waals surface area contributed by atoms with Gasteiger partial charge >= 0.3 is 95.2 Å². The Hall–Kier alpha value is -2.96. The van der Waals surface area contributed by atoms with Crippen molar-refractivity contribution in [2.45, 2.75) is 6.67 Å². The Bertz CT molecular complexity index is 596. The van der Waals surface area contributed by atoms with Gasteiger partial charge in [0.25, 0.3) is 0 Å². The topological polar surface area (TPSA) is 6.48 Å². The fourth-order valence-electron chi connectivity index (χ4n) is 2.39. The SMILES string of the molecule is CN1c2ccccc2N2c3cccc[c]3[Lr][CH]12. The average Bonchev–Trinajstić information content (AvgIpc) is 2.88. The predicted molar refractivity (Wildman–Crippen MR) is 66.8 cm³/mol. The Labute approximate surface area is 95.7 Å². The number of para-hydroxylation sites is 3. The van der Waals surface area contributed by atoms with Crippen LogP contribution in [0.4, 0.5) is 17.1 Å².